The highest BCUT2D eigenvalue weighted by Gasteiger charge is 2.14. The maximum absolute atomic E-state index is 4.40. The molecule has 0 spiro atoms. The number of aromatic nitrogens is 1. The van der Waals surface area contributed by atoms with Crippen LogP contribution in [0.15, 0.2) is 21.7 Å². The lowest BCUT2D eigenvalue weighted by Gasteiger charge is -2.31. The first-order valence-corrected chi connectivity index (χ1v) is 9.03. The van der Waals surface area contributed by atoms with Crippen molar-refractivity contribution < 1.29 is 0 Å². The summed E-state index contributed by atoms with van der Waals surface area (Å²) in [5, 5.41) is 3.47. The number of aryl methyl sites for hydroxylation is 1. The second kappa shape index (κ2) is 11.4. The highest BCUT2D eigenvalue weighted by molar-refractivity contribution is 14.0. The van der Waals surface area contributed by atoms with Gasteiger partial charge in [0.05, 0.1) is 6.54 Å². The Morgan fingerprint density at radius 1 is 1.29 bits per heavy atom. The van der Waals surface area contributed by atoms with Crippen LogP contribution < -0.4 is 5.32 Å². The fraction of sp³-hybridized carbons (Fsp3) is 0.706. The molecule has 0 aliphatic rings. The van der Waals surface area contributed by atoms with Crippen LogP contribution in [-0.2, 0) is 13.6 Å². The summed E-state index contributed by atoms with van der Waals surface area (Å²) in [4.78, 5) is 9.03. The Bertz CT molecular complexity index is 505. The predicted octanol–water partition coefficient (Wildman–Crippen LogP) is 3.53. The van der Waals surface area contributed by atoms with Crippen LogP contribution in [0.4, 0.5) is 0 Å². The molecule has 1 rings (SSSR count). The third-order valence-corrected chi connectivity index (χ3v) is 4.46. The Hall–Kier alpha value is -0.280. The van der Waals surface area contributed by atoms with Gasteiger partial charge in [-0.2, -0.15) is 0 Å². The van der Waals surface area contributed by atoms with E-state index in [1.807, 2.05) is 7.05 Å². The normalized spacial score (nSPS) is 12.0. The van der Waals surface area contributed by atoms with Crippen molar-refractivity contribution in [2.24, 2.45) is 12.0 Å². The number of hydrogen-bond donors (Lipinski definition) is 1. The summed E-state index contributed by atoms with van der Waals surface area (Å²) >= 11 is 3.52. The van der Waals surface area contributed by atoms with Crippen LogP contribution in [0.1, 0.15) is 33.4 Å². The molecule has 0 saturated heterocycles. The summed E-state index contributed by atoms with van der Waals surface area (Å²) < 4.78 is 3.24. The summed E-state index contributed by atoms with van der Waals surface area (Å²) in [7, 11) is 5.97. The summed E-state index contributed by atoms with van der Waals surface area (Å²) in [6, 6.07) is 3.25. The van der Waals surface area contributed by atoms with Crippen molar-refractivity contribution in [2.45, 2.75) is 46.3 Å². The molecular weight excluding hydrogens is 481 g/mol. The van der Waals surface area contributed by atoms with Crippen molar-refractivity contribution >= 4 is 45.9 Å². The van der Waals surface area contributed by atoms with Crippen molar-refractivity contribution in [2.75, 3.05) is 27.2 Å². The molecule has 0 saturated carbocycles. The molecule has 0 bridgehead atoms. The number of halogens is 2. The third-order valence-electron chi connectivity index (χ3n) is 4.03. The molecule has 0 aliphatic carbocycles. The Morgan fingerprint density at radius 2 is 1.88 bits per heavy atom. The zero-order valence-electron chi connectivity index (χ0n) is 16.0. The number of aliphatic imine (C=N–C) groups is 1. The molecule has 0 unspecified atom stereocenters. The smallest absolute Gasteiger partial charge is 0.193 e. The van der Waals surface area contributed by atoms with Crippen LogP contribution >= 0.6 is 39.9 Å². The Balaban J connectivity index is 0.00000529. The molecule has 1 aromatic heterocycles. The second-order valence-electron chi connectivity index (χ2n) is 6.52. The molecule has 1 N–H and O–H groups in total. The van der Waals surface area contributed by atoms with E-state index in [0.29, 0.717) is 12.1 Å². The van der Waals surface area contributed by atoms with Crippen LogP contribution in [0.5, 0.6) is 0 Å². The largest absolute Gasteiger partial charge is 0.355 e. The minimum Gasteiger partial charge on any atom is -0.355 e. The van der Waals surface area contributed by atoms with E-state index in [1.165, 1.54) is 5.69 Å². The van der Waals surface area contributed by atoms with E-state index in [2.05, 4.69) is 94.7 Å². The van der Waals surface area contributed by atoms with Gasteiger partial charge in [-0.3, -0.25) is 9.89 Å². The van der Waals surface area contributed by atoms with Gasteiger partial charge < -0.3 is 14.8 Å². The van der Waals surface area contributed by atoms with E-state index < -0.39 is 0 Å². The molecule has 0 radical (unpaired) electrons. The second-order valence-corrected chi connectivity index (χ2v) is 7.43. The quantitative estimate of drug-likeness (QED) is 0.344. The van der Waals surface area contributed by atoms with Gasteiger partial charge in [-0.05, 0) is 49.7 Å². The van der Waals surface area contributed by atoms with Gasteiger partial charge in [0.2, 0.25) is 0 Å². The van der Waals surface area contributed by atoms with Crippen LogP contribution in [-0.4, -0.2) is 59.6 Å². The molecular formula is C17H33BrIN5. The van der Waals surface area contributed by atoms with E-state index in [4.69, 9.17) is 0 Å². The van der Waals surface area contributed by atoms with Gasteiger partial charge in [0.25, 0.3) is 0 Å². The van der Waals surface area contributed by atoms with E-state index in [-0.39, 0.29) is 24.0 Å². The van der Waals surface area contributed by atoms with Crippen LogP contribution in [0, 0.1) is 0 Å². The lowest BCUT2D eigenvalue weighted by atomic mass is 10.2. The minimum atomic E-state index is 0. The Morgan fingerprint density at radius 3 is 2.29 bits per heavy atom. The monoisotopic (exact) mass is 513 g/mol. The van der Waals surface area contributed by atoms with Crippen molar-refractivity contribution in [3.05, 3.63) is 22.4 Å². The standard InChI is InChI=1S/C17H32BrN5.HI/c1-13(2)23(14(3)4)9-8-20-17(19-5)22(7)12-16-10-15(18)11-21(16)6;/h10-11,13-14H,8-9,12H2,1-7H3,(H,19,20);1H. The predicted molar refractivity (Wildman–Crippen MR) is 118 cm³/mol. The highest BCUT2D eigenvalue weighted by atomic mass is 127. The number of hydrogen-bond acceptors (Lipinski definition) is 2. The molecule has 0 fully saturated rings. The molecule has 0 aromatic carbocycles. The average molecular weight is 514 g/mol. The first-order valence-electron chi connectivity index (χ1n) is 8.24. The summed E-state index contributed by atoms with van der Waals surface area (Å²) in [5.74, 6) is 0.926. The lowest BCUT2D eigenvalue weighted by Crippen LogP contribution is -2.45. The number of guanidine groups is 1. The van der Waals surface area contributed by atoms with Gasteiger partial charge in [-0.15, -0.1) is 24.0 Å². The van der Waals surface area contributed by atoms with Gasteiger partial charge in [-0.25, -0.2) is 0 Å². The zero-order valence-corrected chi connectivity index (χ0v) is 19.9. The molecule has 0 amide bonds. The van der Waals surface area contributed by atoms with E-state index >= 15 is 0 Å². The molecule has 0 aliphatic heterocycles. The van der Waals surface area contributed by atoms with Crippen molar-refractivity contribution in [1.29, 1.82) is 0 Å². The summed E-state index contributed by atoms with van der Waals surface area (Å²) in [6.45, 7) is 11.7. The van der Waals surface area contributed by atoms with Gasteiger partial charge in [0.15, 0.2) is 5.96 Å². The number of rotatable bonds is 7. The van der Waals surface area contributed by atoms with Crippen molar-refractivity contribution in [1.82, 2.24) is 19.7 Å². The third kappa shape index (κ3) is 7.31. The molecule has 0 atom stereocenters. The van der Waals surface area contributed by atoms with E-state index in [1.54, 1.807) is 0 Å². The summed E-state index contributed by atoms with van der Waals surface area (Å²) in [6.07, 6.45) is 2.07. The minimum absolute atomic E-state index is 0. The Labute approximate surface area is 173 Å². The first kappa shape index (κ1) is 23.7. The lowest BCUT2D eigenvalue weighted by molar-refractivity contribution is 0.178. The highest BCUT2D eigenvalue weighted by Crippen LogP contribution is 2.14. The van der Waals surface area contributed by atoms with E-state index in [9.17, 15) is 0 Å². The molecule has 5 nitrogen and oxygen atoms in total. The molecule has 140 valence electrons. The number of nitrogens with zero attached hydrogens (tertiary/aromatic N) is 4. The molecule has 24 heavy (non-hydrogen) atoms. The molecule has 1 heterocycles. The van der Waals surface area contributed by atoms with Gasteiger partial charge in [-0.1, -0.05) is 0 Å². The van der Waals surface area contributed by atoms with Crippen molar-refractivity contribution in [3.8, 4) is 0 Å². The van der Waals surface area contributed by atoms with Gasteiger partial charge in [0, 0.05) is 62.7 Å². The zero-order chi connectivity index (χ0) is 17.6. The summed E-state index contributed by atoms with van der Waals surface area (Å²) in [5.41, 5.74) is 1.24. The van der Waals surface area contributed by atoms with E-state index in [0.717, 1.165) is 30.1 Å². The topological polar surface area (TPSA) is 35.8 Å². The van der Waals surface area contributed by atoms with Gasteiger partial charge in [0.1, 0.15) is 0 Å². The first-order chi connectivity index (χ1) is 10.8. The SMILES string of the molecule is CN=C(NCCN(C(C)C)C(C)C)N(C)Cc1cc(Br)cn1C.I. The number of nitrogens with one attached hydrogen (secondary N) is 1. The average Bonchev–Trinajstić information content (AvgIpc) is 2.75. The van der Waals surface area contributed by atoms with Crippen molar-refractivity contribution in [3.63, 3.8) is 0 Å². The van der Waals surface area contributed by atoms with Gasteiger partial charge >= 0.3 is 0 Å². The fourth-order valence-corrected chi connectivity index (χ4v) is 3.41. The van der Waals surface area contributed by atoms with Crippen LogP contribution in [0.3, 0.4) is 0 Å². The molecule has 7 heteroatoms. The Kier molecular flexibility index (Phi) is 11.2. The fourth-order valence-electron chi connectivity index (χ4n) is 2.84. The maximum atomic E-state index is 4.40. The maximum Gasteiger partial charge on any atom is 0.193 e. The molecule has 1 aromatic rings. The van der Waals surface area contributed by atoms with Crippen LogP contribution in [0.2, 0.25) is 0 Å². The van der Waals surface area contributed by atoms with Crippen LogP contribution in [0.25, 0.3) is 0 Å².